The van der Waals surface area contributed by atoms with Crippen LogP contribution in [-0.2, 0) is 11.0 Å². The van der Waals surface area contributed by atoms with Crippen LogP contribution in [-0.4, -0.2) is 42.4 Å². The Balaban J connectivity index is 1.69. The molecule has 31 heavy (non-hydrogen) atoms. The van der Waals surface area contributed by atoms with Gasteiger partial charge in [-0.3, -0.25) is 14.9 Å². The Hall–Kier alpha value is -3.40. The van der Waals surface area contributed by atoms with Crippen molar-refractivity contribution < 1.29 is 27.5 Å². The van der Waals surface area contributed by atoms with Gasteiger partial charge in [-0.25, -0.2) is 4.98 Å². The first kappa shape index (κ1) is 22.3. The van der Waals surface area contributed by atoms with Crippen LogP contribution in [0.1, 0.15) is 15.9 Å². The van der Waals surface area contributed by atoms with Crippen LogP contribution in [0.15, 0.2) is 53.9 Å². The third-order valence-electron chi connectivity index (χ3n) is 4.17. The molecule has 2 aromatic carbocycles. The Morgan fingerprint density at radius 1 is 1.13 bits per heavy atom. The van der Waals surface area contributed by atoms with Crippen LogP contribution in [0.2, 0.25) is 0 Å². The lowest BCUT2D eigenvalue weighted by molar-refractivity contribution is -0.137. The SMILES string of the molecule is CN(C)C(=O)COc1cccc(C(=O)Nc2nc(-c3cccc(C(F)(F)F)c3)cs2)c1. The van der Waals surface area contributed by atoms with Gasteiger partial charge in [0.05, 0.1) is 11.3 Å². The molecule has 3 rings (SSSR count). The normalized spacial score (nSPS) is 11.1. The molecular weight excluding hydrogens is 431 g/mol. The fourth-order valence-corrected chi connectivity index (χ4v) is 3.20. The highest BCUT2D eigenvalue weighted by atomic mass is 32.1. The van der Waals surface area contributed by atoms with E-state index >= 15 is 0 Å². The lowest BCUT2D eigenvalue weighted by atomic mass is 10.1. The summed E-state index contributed by atoms with van der Waals surface area (Å²) in [5, 5.41) is 4.43. The maximum absolute atomic E-state index is 12.9. The van der Waals surface area contributed by atoms with Gasteiger partial charge in [0, 0.05) is 30.6 Å². The quantitative estimate of drug-likeness (QED) is 0.600. The lowest BCUT2D eigenvalue weighted by Gasteiger charge is -2.11. The van der Waals surface area contributed by atoms with Crippen molar-refractivity contribution in [1.29, 1.82) is 0 Å². The van der Waals surface area contributed by atoms with E-state index < -0.39 is 17.6 Å². The molecule has 3 aromatic rings. The summed E-state index contributed by atoms with van der Waals surface area (Å²) in [6.07, 6.45) is -4.45. The summed E-state index contributed by atoms with van der Waals surface area (Å²) in [4.78, 5) is 29.7. The van der Waals surface area contributed by atoms with Crippen molar-refractivity contribution in [2.45, 2.75) is 6.18 Å². The second-order valence-electron chi connectivity index (χ2n) is 6.68. The zero-order valence-corrected chi connectivity index (χ0v) is 17.4. The van der Waals surface area contributed by atoms with Crippen LogP contribution >= 0.6 is 11.3 Å². The molecule has 0 aliphatic carbocycles. The number of likely N-dealkylation sites (N-methyl/N-ethyl adjacent to an activating group) is 1. The van der Waals surface area contributed by atoms with Gasteiger partial charge in [0.2, 0.25) is 0 Å². The molecule has 0 fully saturated rings. The molecular formula is C21H18F3N3O3S. The molecule has 0 atom stereocenters. The third-order valence-corrected chi connectivity index (χ3v) is 4.93. The smallest absolute Gasteiger partial charge is 0.416 e. The van der Waals surface area contributed by atoms with E-state index in [0.29, 0.717) is 17.0 Å². The number of hydrogen-bond acceptors (Lipinski definition) is 5. The predicted molar refractivity (Wildman–Crippen MR) is 111 cm³/mol. The van der Waals surface area contributed by atoms with Crippen molar-refractivity contribution in [3.63, 3.8) is 0 Å². The summed E-state index contributed by atoms with van der Waals surface area (Å²) in [7, 11) is 3.22. The largest absolute Gasteiger partial charge is 0.484 e. The zero-order chi connectivity index (χ0) is 22.6. The van der Waals surface area contributed by atoms with Crippen LogP contribution in [0.5, 0.6) is 5.75 Å². The van der Waals surface area contributed by atoms with Crippen molar-refractivity contribution in [2.75, 3.05) is 26.0 Å². The Kier molecular flexibility index (Phi) is 6.59. The molecule has 1 heterocycles. The highest BCUT2D eigenvalue weighted by Crippen LogP contribution is 2.33. The number of ether oxygens (including phenoxy) is 1. The predicted octanol–water partition coefficient (Wildman–Crippen LogP) is 4.55. The molecule has 10 heteroatoms. The molecule has 6 nitrogen and oxygen atoms in total. The van der Waals surface area contributed by atoms with E-state index in [9.17, 15) is 22.8 Å². The topological polar surface area (TPSA) is 71.5 Å². The number of carbonyl (C=O) groups excluding carboxylic acids is 2. The number of nitrogens with zero attached hydrogens (tertiary/aromatic N) is 2. The van der Waals surface area contributed by atoms with Crippen LogP contribution in [0.4, 0.5) is 18.3 Å². The van der Waals surface area contributed by atoms with Gasteiger partial charge in [0.15, 0.2) is 11.7 Å². The van der Waals surface area contributed by atoms with Gasteiger partial charge in [-0.05, 0) is 30.3 Å². The Morgan fingerprint density at radius 2 is 1.87 bits per heavy atom. The van der Waals surface area contributed by atoms with Gasteiger partial charge in [0.25, 0.3) is 11.8 Å². The number of thiazole rings is 1. The number of benzene rings is 2. The Morgan fingerprint density at radius 3 is 2.58 bits per heavy atom. The minimum absolute atomic E-state index is 0.162. The molecule has 1 aromatic heterocycles. The Labute approximate surface area is 180 Å². The molecule has 1 N–H and O–H groups in total. The number of nitrogens with one attached hydrogen (secondary N) is 1. The summed E-state index contributed by atoms with van der Waals surface area (Å²) >= 11 is 1.10. The first-order valence-corrected chi connectivity index (χ1v) is 9.89. The minimum Gasteiger partial charge on any atom is -0.484 e. The van der Waals surface area contributed by atoms with Crippen LogP contribution in [0.3, 0.4) is 0 Å². The van der Waals surface area contributed by atoms with Crippen molar-refractivity contribution in [2.24, 2.45) is 0 Å². The van der Waals surface area contributed by atoms with E-state index in [1.165, 1.54) is 23.1 Å². The van der Waals surface area contributed by atoms with E-state index in [-0.39, 0.29) is 23.2 Å². The minimum atomic E-state index is -4.45. The summed E-state index contributed by atoms with van der Waals surface area (Å²) in [6, 6.07) is 11.1. The van der Waals surface area contributed by atoms with Gasteiger partial charge < -0.3 is 9.64 Å². The van der Waals surface area contributed by atoms with Crippen molar-refractivity contribution in [3.8, 4) is 17.0 Å². The van der Waals surface area contributed by atoms with E-state index in [1.54, 1.807) is 37.7 Å². The molecule has 0 radical (unpaired) electrons. The molecule has 0 aliphatic heterocycles. The second kappa shape index (κ2) is 9.17. The van der Waals surface area contributed by atoms with Crippen molar-refractivity contribution in [1.82, 2.24) is 9.88 Å². The van der Waals surface area contributed by atoms with E-state index in [1.807, 2.05) is 0 Å². The fourth-order valence-electron chi connectivity index (χ4n) is 2.49. The van der Waals surface area contributed by atoms with Gasteiger partial charge in [-0.1, -0.05) is 18.2 Å². The molecule has 162 valence electrons. The van der Waals surface area contributed by atoms with Crippen LogP contribution in [0, 0.1) is 0 Å². The summed E-state index contributed by atoms with van der Waals surface area (Å²) in [5.41, 5.74) is 0.136. The highest BCUT2D eigenvalue weighted by molar-refractivity contribution is 7.14. The van der Waals surface area contributed by atoms with Gasteiger partial charge in [-0.15, -0.1) is 11.3 Å². The number of anilines is 1. The lowest BCUT2D eigenvalue weighted by Crippen LogP contribution is -2.27. The summed E-state index contributed by atoms with van der Waals surface area (Å²) in [6.45, 7) is -0.162. The number of alkyl halides is 3. The number of aromatic nitrogens is 1. The van der Waals surface area contributed by atoms with Crippen LogP contribution in [0.25, 0.3) is 11.3 Å². The van der Waals surface area contributed by atoms with Crippen molar-refractivity contribution >= 4 is 28.3 Å². The molecule has 0 unspecified atom stereocenters. The molecule has 0 bridgehead atoms. The number of rotatable bonds is 6. The maximum atomic E-state index is 12.9. The molecule has 0 saturated heterocycles. The van der Waals surface area contributed by atoms with Gasteiger partial charge in [0.1, 0.15) is 5.75 Å². The second-order valence-corrected chi connectivity index (χ2v) is 7.53. The van der Waals surface area contributed by atoms with E-state index in [2.05, 4.69) is 10.3 Å². The first-order valence-electron chi connectivity index (χ1n) is 9.01. The number of carbonyl (C=O) groups is 2. The third kappa shape index (κ3) is 5.82. The average molecular weight is 449 g/mol. The average Bonchev–Trinajstić information content (AvgIpc) is 3.20. The summed E-state index contributed by atoms with van der Waals surface area (Å²) < 4.78 is 44.1. The fraction of sp³-hybridized carbons (Fsp3) is 0.190. The maximum Gasteiger partial charge on any atom is 0.416 e. The molecule has 0 aliphatic rings. The van der Waals surface area contributed by atoms with E-state index in [0.717, 1.165) is 23.5 Å². The zero-order valence-electron chi connectivity index (χ0n) is 16.6. The molecule has 0 spiro atoms. The summed E-state index contributed by atoms with van der Waals surface area (Å²) in [5.74, 6) is -0.333. The first-order chi connectivity index (χ1) is 14.6. The van der Waals surface area contributed by atoms with Gasteiger partial charge in [-0.2, -0.15) is 13.2 Å². The number of amides is 2. The molecule has 0 saturated carbocycles. The number of halogens is 3. The highest BCUT2D eigenvalue weighted by Gasteiger charge is 2.30. The monoisotopic (exact) mass is 449 g/mol. The van der Waals surface area contributed by atoms with Crippen molar-refractivity contribution in [3.05, 3.63) is 65.0 Å². The molecule has 2 amide bonds. The standard InChI is InChI=1S/C21H18F3N3O3S/c1-27(2)18(28)11-30-16-8-4-6-14(10-16)19(29)26-20-25-17(12-31-20)13-5-3-7-15(9-13)21(22,23)24/h3-10,12H,11H2,1-2H3,(H,25,26,29). The Bertz CT molecular complexity index is 1100. The number of hydrogen-bond donors (Lipinski definition) is 1. The van der Waals surface area contributed by atoms with Crippen LogP contribution < -0.4 is 10.1 Å². The van der Waals surface area contributed by atoms with E-state index in [4.69, 9.17) is 4.74 Å². The van der Waals surface area contributed by atoms with Gasteiger partial charge >= 0.3 is 6.18 Å².